The first-order valence-electron chi connectivity index (χ1n) is 13.3. The maximum absolute atomic E-state index is 15.1. The second-order valence-corrected chi connectivity index (χ2v) is 13.6. The van der Waals surface area contributed by atoms with E-state index in [9.17, 15) is 29.6 Å². The average Bonchev–Trinajstić information content (AvgIpc) is 3.65. The number of nitrogens with one attached hydrogen (secondary N) is 2. The van der Waals surface area contributed by atoms with Gasteiger partial charge in [0.1, 0.15) is 22.1 Å². The molecule has 4 atom stereocenters. The maximum atomic E-state index is 15.1. The van der Waals surface area contributed by atoms with Crippen LogP contribution in [0.3, 0.4) is 0 Å². The summed E-state index contributed by atoms with van der Waals surface area (Å²) < 4.78 is 31.4. The normalized spacial score (nSPS) is 21.4. The van der Waals surface area contributed by atoms with Crippen molar-refractivity contribution >= 4 is 29.0 Å². The number of amides is 2. The van der Waals surface area contributed by atoms with Gasteiger partial charge in [0.05, 0.1) is 30.0 Å². The Kier molecular flexibility index (Phi) is 8.75. The number of hydrogen-bond donors (Lipinski definition) is 4. The van der Waals surface area contributed by atoms with E-state index in [2.05, 4.69) is 16.1 Å². The zero-order chi connectivity index (χ0) is 29.2. The lowest BCUT2D eigenvalue weighted by atomic mass is 9.79. The van der Waals surface area contributed by atoms with Gasteiger partial charge in [-0.3, -0.25) is 9.69 Å². The summed E-state index contributed by atoms with van der Waals surface area (Å²) in [6.45, 7) is 5.31. The van der Waals surface area contributed by atoms with Gasteiger partial charge in [-0.05, 0) is 74.9 Å². The number of benzene rings is 2. The van der Waals surface area contributed by atoms with Gasteiger partial charge in [0, 0.05) is 17.8 Å². The number of nitriles is 1. The number of halogens is 1. The van der Waals surface area contributed by atoms with E-state index in [1.54, 1.807) is 24.3 Å². The molecule has 1 saturated carbocycles. The Morgan fingerprint density at radius 2 is 1.90 bits per heavy atom. The predicted molar refractivity (Wildman–Crippen MR) is 149 cm³/mol. The van der Waals surface area contributed by atoms with Gasteiger partial charge in [-0.15, -0.1) is 4.72 Å². The SMILES string of the molecule is CC(C)(C)[S@@+]([O-])NC(CCC1CC1)(c1cccc(C#N)c1)c1ccc(F)c(NC(=O)C2CC(O)CN2C(=O)O)c1. The van der Waals surface area contributed by atoms with Crippen LogP contribution in [0.4, 0.5) is 14.9 Å². The third kappa shape index (κ3) is 6.58. The highest BCUT2D eigenvalue weighted by atomic mass is 32.2. The minimum absolute atomic E-state index is 0.0994. The lowest BCUT2D eigenvalue weighted by Gasteiger charge is -2.39. The molecule has 4 N–H and O–H groups in total. The average molecular weight is 571 g/mol. The topological polar surface area (TPSA) is 149 Å². The number of aliphatic hydroxyl groups excluding tert-OH is 1. The monoisotopic (exact) mass is 570 g/mol. The summed E-state index contributed by atoms with van der Waals surface area (Å²) in [6, 6.07) is 12.2. The fourth-order valence-electron chi connectivity index (χ4n) is 4.99. The van der Waals surface area contributed by atoms with Gasteiger partial charge in [0.25, 0.3) is 0 Å². The second-order valence-electron chi connectivity index (χ2n) is 11.6. The quantitative estimate of drug-likeness (QED) is 0.330. The number of aliphatic hydroxyl groups is 1. The molecule has 2 amide bonds. The first kappa shape index (κ1) is 29.8. The second kappa shape index (κ2) is 11.7. The molecule has 0 radical (unpaired) electrons. The summed E-state index contributed by atoms with van der Waals surface area (Å²) in [5.41, 5.74) is 0.395. The Hall–Kier alpha value is -3.17. The van der Waals surface area contributed by atoms with Gasteiger partial charge in [0.2, 0.25) is 5.91 Å². The van der Waals surface area contributed by atoms with Gasteiger partial charge in [-0.25, -0.2) is 9.18 Å². The smallest absolute Gasteiger partial charge is 0.408 e. The van der Waals surface area contributed by atoms with E-state index in [-0.39, 0.29) is 18.7 Å². The largest absolute Gasteiger partial charge is 0.598 e. The number of carbonyl (C=O) groups is 2. The number of carboxylic acid groups (broad SMARTS) is 1. The van der Waals surface area contributed by atoms with Gasteiger partial charge >= 0.3 is 6.09 Å². The van der Waals surface area contributed by atoms with Gasteiger partial charge < -0.3 is 20.1 Å². The van der Waals surface area contributed by atoms with Crippen LogP contribution in [0.5, 0.6) is 0 Å². The van der Waals surface area contributed by atoms with Crippen LogP contribution in [0.2, 0.25) is 0 Å². The Morgan fingerprint density at radius 1 is 1.20 bits per heavy atom. The maximum Gasteiger partial charge on any atom is 0.408 e. The molecule has 2 fully saturated rings. The summed E-state index contributed by atoms with van der Waals surface area (Å²) in [5.74, 6) is -0.966. The van der Waals surface area contributed by atoms with E-state index in [0.29, 0.717) is 29.0 Å². The molecule has 4 rings (SSSR count). The van der Waals surface area contributed by atoms with Gasteiger partial charge in [-0.2, -0.15) is 5.26 Å². The van der Waals surface area contributed by atoms with E-state index in [4.69, 9.17) is 0 Å². The Labute approximate surface area is 236 Å². The summed E-state index contributed by atoms with van der Waals surface area (Å²) in [7, 11) is 0. The molecule has 1 aliphatic heterocycles. The third-order valence-corrected chi connectivity index (χ3v) is 9.12. The van der Waals surface area contributed by atoms with Crippen LogP contribution in [0.1, 0.15) is 69.6 Å². The van der Waals surface area contributed by atoms with Crippen molar-refractivity contribution < 1.29 is 28.7 Å². The molecular weight excluding hydrogens is 535 g/mol. The Balaban J connectivity index is 1.79. The molecule has 214 valence electrons. The number of β-amino-alcohol motifs (C(OH)–C–C–N with tert-alkyl or cyclic N) is 1. The summed E-state index contributed by atoms with van der Waals surface area (Å²) in [4.78, 5) is 25.5. The number of hydrogen-bond acceptors (Lipinski definition) is 6. The molecule has 3 unspecified atom stereocenters. The van der Waals surface area contributed by atoms with E-state index in [1.807, 2.05) is 26.8 Å². The molecule has 2 aliphatic rings. The van der Waals surface area contributed by atoms with E-state index < -0.39 is 51.6 Å². The zero-order valence-electron chi connectivity index (χ0n) is 22.8. The number of anilines is 1. The van der Waals surface area contributed by atoms with E-state index in [1.165, 1.54) is 12.1 Å². The van der Waals surface area contributed by atoms with Crippen LogP contribution >= 0.6 is 0 Å². The number of nitrogens with zero attached hydrogens (tertiary/aromatic N) is 2. The minimum atomic E-state index is -1.56. The first-order chi connectivity index (χ1) is 18.8. The molecule has 0 bridgehead atoms. The molecule has 2 aromatic carbocycles. The van der Waals surface area contributed by atoms with Crippen molar-refractivity contribution in [1.29, 1.82) is 5.26 Å². The fourth-order valence-corrected chi connectivity index (χ4v) is 5.95. The van der Waals surface area contributed by atoms with Crippen LogP contribution in [0, 0.1) is 23.1 Å². The lowest BCUT2D eigenvalue weighted by molar-refractivity contribution is -0.120. The van der Waals surface area contributed by atoms with Crippen molar-refractivity contribution in [2.75, 3.05) is 11.9 Å². The van der Waals surface area contributed by atoms with Gasteiger partial charge in [0.15, 0.2) is 0 Å². The standard InChI is InChI=1S/C29H35FN4O5S/c1-28(2,3)40(39)33-29(12-11-18-7-8-18,20-6-4-5-19(13-20)16-31)21-9-10-23(30)24(14-21)32-26(36)25-15-22(35)17-34(25)27(37)38/h4-6,9-10,13-14,18,22,25,33,35H,7-8,11-12,15,17H2,1-3H3,(H,32,36)(H,37,38)/t22?,25?,29?,40-/m1/s1. The molecule has 1 saturated heterocycles. The van der Waals surface area contributed by atoms with Crippen molar-refractivity contribution in [1.82, 2.24) is 9.62 Å². The van der Waals surface area contributed by atoms with E-state index >= 15 is 4.39 Å². The molecule has 11 heteroatoms. The van der Waals surface area contributed by atoms with Crippen LogP contribution in [-0.4, -0.2) is 55.1 Å². The van der Waals surface area contributed by atoms with Crippen molar-refractivity contribution in [3.8, 4) is 6.07 Å². The molecular formula is C29H35FN4O5S. The van der Waals surface area contributed by atoms with Crippen LogP contribution in [0.15, 0.2) is 42.5 Å². The number of likely N-dealkylation sites (tertiary alicyclic amines) is 1. The number of rotatable bonds is 9. The molecule has 40 heavy (non-hydrogen) atoms. The van der Waals surface area contributed by atoms with Crippen LogP contribution in [-0.2, 0) is 21.7 Å². The van der Waals surface area contributed by atoms with E-state index in [0.717, 1.165) is 24.2 Å². The molecule has 1 heterocycles. The van der Waals surface area contributed by atoms with Crippen molar-refractivity contribution in [2.45, 2.75) is 75.3 Å². The summed E-state index contributed by atoms with van der Waals surface area (Å²) >= 11 is -1.56. The molecule has 2 aromatic rings. The molecule has 0 spiro atoms. The van der Waals surface area contributed by atoms with Crippen molar-refractivity contribution in [3.63, 3.8) is 0 Å². The fraction of sp³-hybridized carbons (Fsp3) is 0.483. The Bertz CT molecular complexity index is 1310. The highest BCUT2D eigenvalue weighted by molar-refractivity contribution is 7.90. The summed E-state index contributed by atoms with van der Waals surface area (Å²) in [5, 5.41) is 31.5. The third-order valence-electron chi connectivity index (χ3n) is 7.48. The number of carbonyl (C=O) groups excluding carboxylic acids is 1. The van der Waals surface area contributed by atoms with Gasteiger partial charge in [-0.1, -0.05) is 31.0 Å². The Morgan fingerprint density at radius 3 is 2.52 bits per heavy atom. The van der Waals surface area contributed by atoms with Crippen molar-refractivity contribution in [3.05, 3.63) is 65.0 Å². The molecule has 0 aromatic heterocycles. The lowest BCUT2D eigenvalue weighted by Crippen LogP contribution is -2.52. The van der Waals surface area contributed by atoms with Crippen LogP contribution in [0.25, 0.3) is 0 Å². The molecule has 9 nitrogen and oxygen atoms in total. The highest BCUT2D eigenvalue weighted by Crippen LogP contribution is 2.43. The molecule has 1 aliphatic carbocycles. The van der Waals surface area contributed by atoms with Crippen LogP contribution < -0.4 is 10.0 Å². The highest BCUT2D eigenvalue weighted by Gasteiger charge is 2.44. The minimum Gasteiger partial charge on any atom is -0.598 e. The first-order valence-corrected chi connectivity index (χ1v) is 14.5. The summed E-state index contributed by atoms with van der Waals surface area (Å²) in [6.07, 6.45) is 1.05. The predicted octanol–water partition coefficient (Wildman–Crippen LogP) is 4.23. The zero-order valence-corrected chi connectivity index (χ0v) is 23.6. The van der Waals surface area contributed by atoms with Crippen molar-refractivity contribution in [2.24, 2.45) is 5.92 Å².